The Balaban J connectivity index is 1.05. The third kappa shape index (κ3) is 4.56. The highest BCUT2D eigenvalue weighted by Crippen LogP contribution is 2.42. The summed E-state index contributed by atoms with van der Waals surface area (Å²) in [7, 11) is 0. The molecule has 0 fully saturated rings. The summed E-state index contributed by atoms with van der Waals surface area (Å²) in [5, 5.41) is 3.79. The van der Waals surface area contributed by atoms with Crippen molar-refractivity contribution >= 4 is 111 Å². The number of nitrogens with zero attached hydrogens (tertiary/aromatic N) is 2. The molecule has 260 valence electrons. The van der Waals surface area contributed by atoms with Crippen molar-refractivity contribution in [1.29, 1.82) is 0 Å². The van der Waals surface area contributed by atoms with Gasteiger partial charge in [-0.05, 0) is 119 Å². The molecule has 2 aliphatic rings. The molecule has 6 aromatic carbocycles. The summed E-state index contributed by atoms with van der Waals surface area (Å²) in [5.74, 6) is -6.30. The number of thiazole rings is 2. The van der Waals surface area contributed by atoms with Crippen molar-refractivity contribution in [2.24, 2.45) is 0 Å². The quantitative estimate of drug-likeness (QED) is 0.0991. The van der Waals surface area contributed by atoms with Gasteiger partial charge in [-0.15, -0.1) is 22.7 Å². The van der Waals surface area contributed by atoms with Crippen LogP contribution >= 0.6 is 22.7 Å². The van der Waals surface area contributed by atoms with Crippen LogP contribution in [0.2, 0.25) is 0 Å². The summed E-state index contributed by atoms with van der Waals surface area (Å²) >= 11 is 2.62. The average molecular weight is 755 g/mol. The van der Waals surface area contributed by atoms with E-state index in [1.807, 2.05) is 26.0 Å². The number of rotatable bonds is 2. The molecular weight excluding hydrogens is 737 g/mol. The molecule has 8 aromatic rings. The van der Waals surface area contributed by atoms with E-state index in [0.29, 0.717) is 42.6 Å². The fourth-order valence-electron chi connectivity index (χ4n) is 7.43. The minimum absolute atomic E-state index is 0.0912. The fourth-order valence-corrected chi connectivity index (χ4v) is 9.64. The van der Waals surface area contributed by atoms with E-state index in [1.165, 1.54) is 59.1 Å². The summed E-state index contributed by atoms with van der Waals surface area (Å²) in [6.45, 7) is 3.79. The molecule has 2 aliphatic carbocycles. The van der Waals surface area contributed by atoms with Gasteiger partial charge in [0.2, 0.25) is 0 Å². The van der Waals surface area contributed by atoms with E-state index < -0.39 is 46.4 Å². The van der Waals surface area contributed by atoms with Crippen molar-refractivity contribution < 1.29 is 36.7 Å². The van der Waals surface area contributed by atoms with Crippen LogP contribution in [0.1, 0.15) is 62.6 Å². The highest BCUT2D eigenvalue weighted by molar-refractivity contribution is 7.21. The summed E-state index contributed by atoms with van der Waals surface area (Å²) < 4.78 is 57.3. The smallest absolute Gasteiger partial charge is 0.197 e. The highest BCUT2D eigenvalue weighted by atomic mass is 32.1. The van der Waals surface area contributed by atoms with Crippen molar-refractivity contribution in [3.8, 4) is 0 Å². The lowest BCUT2D eigenvalue weighted by molar-refractivity contribution is 0.0975. The molecular formula is C42H18F4N2O4S2. The molecule has 0 radical (unpaired) electrons. The van der Waals surface area contributed by atoms with Gasteiger partial charge in [0, 0.05) is 33.0 Å². The van der Waals surface area contributed by atoms with Crippen LogP contribution in [0.25, 0.3) is 64.9 Å². The van der Waals surface area contributed by atoms with E-state index in [2.05, 4.69) is 0 Å². The normalized spacial score (nSPS) is 14.2. The molecule has 10 rings (SSSR count). The molecule has 2 aromatic heterocycles. The van der Waals surface area contributed by atoms with Gasteiger partial charge in [0.15, 0.2) is 46.4 Å². The zero-order valence-electron chi connectivity index (χ0n) is 27.8. The minimum Gasteiger partial charge on any atom is -0.288 e. The van der Waals surface area contributed by atoms with E-state index >= 15 is 0 Å². The van der Waals surface area contributed by atoms with Gasteiger partial charge in [-0.25, -0.2) is 27.5 Å². The second-order valence-corrected chi connectivity index (χ2v) is 15.5. The van der Waals surface area contributed by atoms with E-state index in [1.54, 1.807) is 0 Å². The largest absolute Gasteiger partial charge is 0.288 e. The molecule has 0 aliphatic heterocycles. The van der Waals surface area contributed by atoms with Crippen molar-refractivity contribution in [3.05, 3.63) is 138 Å². The first-order valence-corrected chi connectivity index (χ1v) is 18.1. The molecule has 0 saturated carbocycles. The summed E-state index contributed by atoms with van der Waals surface area (Å²) in [5.41, 5.74) is 3.31. The summed E-state index contributed by atoms with van der Waals surface area (Å²) in [4.78, 5) is 63.3. The van der Waals surface area contributed by atoms with Crippen molar-refractivity contribution in [2.45, 2.75) is 13.8 Å². The molecule has 0 saturated heterocycles. The van der Waals surface area contributed by atoms with Crippen LogP contribution in [0.3, 0.4) is 0 Å². The third-order valence-corrected chi connectivity index (χ3v) is 12.1. The molecule has 12 heteroatoms. The van der Waals surface area contributed by atoms with Crippen molar-refractivity contribution in [3.63, 3.8) is 0 Å². The van der Waals surface area contributed by atoms with E-state index in [0.717, 1.165) is 55.6 Å². The lowest BCUT2D eigenvalue weighted by Gasteiger charge is -2.05. The zero-order chi connectivity index (χ0) is 37.5. The first-order valence-electron chi connectivity index (χ1n) is 16.5. The van der Waals surface area contributed by atoms with Gasteiger partial charge >= 0.3 is 0 Å². The molecule has 0 amide bonds. The SMILES string of the molecule is Cc1cc2c(cc(C)c3nc(C=C4C(=O)c5cc6cc(F)c(F)cc6cc5C4=O)sc32)c2sc(C=C3C(=O)c4cc5cc(F)c(F)cc5cc4C3=O)nc12. The van der Waals surface area contributed by atoms with Gasteiger partial charge in [0.25, 0.3) is 0 Å². The van der Waals surface area contributed by atoms with Crippen LogP contribution in [0, 0.1) is 37.1 Å². The maximum atomic E-state index is 13.9. The number of aromatic nitrogens is 2. The van der Waals surface area contributed by atoms with Gasteiger partial charge in [-0.1, -0.05) is 0 Å². The number of carbonyl (C=O) groups excluding carboxylic acids is 4. The molecule has 0 N–H and O–H groups in total. The van der Waals surface area contributed by atoms with Crippen molar-refractivity contribution in [2.75, 3.05) is 0 Å². The number of allylic oxidation sites excluding steroid dienone is 2. The number of carbonyl (C=O) groups is 4. The molecule has 0 bridgehead atoms. The van der Waals surface area contributed by atoms with Gasteiger partial charge in [-0.2, -0.15) is 0 Å². The van der Waals surface area contributed by atoms with Gasteiger partial charge < -0.3 is 0 Å². The lowest BCUT2D eigenvalue weighted by atomic mass is 10.0. The minimum atomic E-state index is -1.05. The van der Waals surface area contributed by atoms with Crippen LogP contribution in [-0.2, 0) is 0 Å². The predicted molar refractivity (Wildman–Crippen MR) is 201 cm³/mol. The molecule has 6 nitrogen and oxygen atoms in total. The molecule has 0 spiro atoms. The monoisotopic (exact) mass is 754 g/mol. The standard InChI is InChI=1S/C42H18F4N2O4S2/c1-15-3-25-26(41-35(15)47-33(53-41)13-27-37(49)21-5-17-9-29(43)30(44)10-18(17)6-22(21)38(27)50)4-16(2)36-42(25)54-34(48-36)14-28-39(51)23-7-19-11-31(45)32(46)12-20(19)8-24(23)40(28)52/h3-14H,1-2H3. The Morgan fingerprint density at radius 1 is 0.463 bits per heavy atom. The van der Waals surface area contributed by atoms with E-state index in [4.69, 9.17) is 9.97 Å². The van der Waals surface area contributed by atoms with Crippen LogP contribution in [0.5, 0.6) is 0 Å². The predicted octanol–water partition coefficient (Wildman–Crippen LogP) is 10.5. The second-order valence-electron chi connectivity index (χ2n) is 13.4. The lowest BCUT2D eigenvalue weighted by Crippen LogP contribution is -2.00. The fraction of sp³-hybridized carbons (Fsp3) is 0.0476. The van der Waals surface area contributed by atoms with Crippen LogP contribution in [0.4, 0.5) is 17.6 Å². The number of fused-ring (bicyclic) bond motifs is 9. The first kappa shape index (κ1) is 32.4. The van der Waals surface area contributed by atoms with Crippen molar-refractivity contribution in [1.82, 2.24) is 9.97 Å². The summed E-state index contributed by atoms with van der Waals surface area (Å²) in [6, 6.07) is 13.6. The van der Waals surface area contributed by atoms with Crippen LogP contribution in [0.15, 0.2) is 71.8 Å². The van der Waals surface area contributed by atoms with Gasteiger partial charge in [0.05, 0.1) is 31.6 Å². The Kier molecular flexibility index (Phi) is 6.69. The van der Waals surface area contributed by atoms with E-state index in [-0.39, 0.29) is 33.4 Å². The number of halogens is 4. The van der Waals surface area contributed by atoms with Gasteiger partial charge in [0.1, 0.15) is 10.0 Å². The molecule has 2 heterocycles. The van der Waals surface area contributed by atoms with Crippen LogP contribution in [-0.4, -0.2) is 33.1 Å². The molecule has 0 unspecified atom stereocenters. The Hall–Kier alpha value is -6.24. The Morgan fingerprint density at radius 3 is 1.06 bits per heavy atom. The topological polar surface area (TPSA) is 94.1 Å². The number of benzene rings is 6. The molecule has 0 atom stereocenters. The maximum absolute atomic E-state index is 13.9. The Labute approximate surface area is 308 Å². The van der Waals surface area contributed by atoms with Gasteiger partial charge in [-0.3, -0.25) is 19.2 Å². The number of aryl methyl sites for hydroxylation is 2. The number of hydrogen-bond donors (Lipinski definition) is 0. The van der Waals surface area contributed by atoms with Crippen LogP contribution < -0.4 is 0 Å². The Morgan fingerprint density at radius 2 is 0.759 bits per heavy atom. The first-order chi connectivity index (χ1) is 25.8. The average Bonchev–Trinajstić information content (AvgIpc) is 3.87. The highest BCUT2D eigenvalue weighted by Gasteiger charge is 2.35. The van der Waals surface area contributed by atoms with E-state index in [9.17, 15) is 36.7 Å². The number of Topliss-reactive ketones (excluding diaryl/α,β-unsaturated/α-hetero) is 4. The summed E-state index contributed by atoms with van der Waals surface area (Å²) in [6.07, 6.45) is 2.91. The zero-order valence-corrected chi connectivity index (χ0v) is 29.4. The number of ketones is 4. The number of hydrogen-bond acceptors (Lipinski definition) is 8. The second kappa shape index (κ2) is 11.1. The third-order valence-electron chi connectivity index (χ3n) is 10.1. The maximum Gasteiger partial charge on any atom is 0.197 e. The molecule has 54 heavy (non-hydrogen) atoms. The Bertz CT molecular complexity index is 2920.